The van der Waals surface area contributed by atoms with Gasteiger partial charge >= 0.3 is 0 Å². The van der Waals surface area contributed by atoms with Crippen molar-refractivity contribution < 1.29 is 13.9 Å². The van der Waals surface area contributed by atoms with Crippen molar-refractivity contribution in [2.45, 2.75) is 13.8 Å². The van der Waals surface area contributed by atoms with Crippen LogP contribution in [0.1, 0.15) is 11.1 Å². The topological polar surface area (TPSA) is 82.5 Å². The van der Waals surface area contributed by atoms with Crippen LogP contribution in [-0.2, 0) is 4.79 Å². The maximum atomic E-state index is 12.8. The number of ether oxygens (including phenoxy) is 1. The van der Waals surface area contributed by atoms with Gasteiger partial charge in [0.05, 0.1) is 5.39 Å². The minimum Gasteiger partial charge on any atom is -0.476 e. The summed E-state index contributed by atoms with van der Waals surface area (Å²) < 4.78 is 11.3. The Kier molecular flexibility index (Phi) is 4.08. The molecule has 0 spiro atoms. The van der Waals surface area contributed by atoms with Crippen molar-refractivity contribution >= 4 is 16.9 Å². The third-order valence-corrected chi connectivity index (χ3v) is 3.68. The number of benzene rings is 2. The third-order valence-electron chi connectivity index (χ3n) is 3.68. The van der Waals surface area contributed by atoms with E-state index >= 15 is 0 Å². The van der Waals surface area contributed by atoms with E-state index in [0.29, 0.717) is 16.5 Å². The standard InChI is InChI=1S/C19H17NO4/c1-11-3-6-13(7-4-11)18-19(23-10-16(20)21)17(22)14-9-12(2)5-8-15(14)24-18/h3-9H,10H2,1-2H3,(H2,20,21). The van der Waals surface area contributed by atoms with Crippen molar-refractivity contribution in [1.29, 1.82) is 0 Å². The van der Waals surface area contributed by atoms with Gasteiger partial charge in [0.15, 0.2) is 12.4 Å². The zero-order valence-corrected chi connectivity index (χ0v) is 13.5. The summed E-state index contributed by atoms with van der Waals surface area (Å²) in [6.45, 7) is 3.46. The molecule has 0 bridgehead atoms. The number of carbonyl (C=O) groups is 1. The number of hydrogen-bond acceptors (Lipinski definition) is 4. The molecule has 0 aliphatic rings. The summed E-state index contributed by atoms with van der Waals surface area (Å²) in [6.07, 6.45) is 0. The summed E-state index contributed by atoms with van der Waals surface area (Å²) in [5.74, 6) is -0.373. The van der Waals surface area contributed by atoms with Crippen molar-refractivity contribution in [2.75, 3.05) is 6.61 Å². The van der Waals surface area contributed by atoms with E-state index < -0.39 is 5.91 Å². The number of fused-ring (bicyclic) bond motifs is 1. The zero-order chi connectivity index (χ0) is 17.3. The second kappa shape index (κ2) is 6.20. The van der Waals surface area contributed by atoms with Crippen molar-refractivity contribution in [3.63, 3.8) is 0 Å². The second-order valence-corrected chi connectivity index (χ2v) is 5.71. The monoisotopic (exact) mass is 323 g/mol. The van der Waals surface area contributed by atoms with Gasteiger partial charge in [0.2, 0.25) is 11.2 Å². The largest absolute Gasteiger partial charge is 0.476 e. The minimum atomic E-state index is -0.659. The van der Waals surface area contributed by atoms with E-state index in [1.807, 2.05) is 44.2 Å². The van der Waals surface area contributed by atoms with Crippen molar-refractivity contribution in [3.05, 3.63) is 63.8 Å². The maximum Gasteiger partial charge on any atom is 0.255 e. The fraction of sp³-hybridized carbons (Fsp3) is 0.158. The minimum absolute atomic E-state index is 0.00393. The summed E-state index contributed by atoms with van der Waals surface area (Å²) in [4.78, 5) is 23.9. The maximum absolute atomic E-state index is 12.8. The van der Waals surface area contributed by atoms with E-state index in [0.717, 1.165) is 11.1 Å². The molecule has 0 unspecified atom stereocenters. The molecule has 2 N–H and O–H groups in total. The molecule has 0 aliphatic carbocycles. The van der Waals surface area contributed by atoms with E-state index in [4.69, 9.17) is 14.9 Å². The molecule has 0 aliphatic heterocycles. The molecular formula is C19H17NO4. The smallest absolute Gasteiger partial charge is 0.255 e. The van der Waals surface area contributed by atoms with Gasteiger partial charge in [0, 0.05) is 5.56 Å². The van der Waals surface area contributed by atoms with Crippen LogP contribution < -0.4 is 15.9 Å². The summed E-state index contributed by atoms with van der Waals surface area (Å²) in [7, 11) is 0. The zero-order valence-electron chi connectivity index (χ0n) is 13.5. The number of aryl methyl sites for hydroxylation is 2. The van der Waals surface area contributed by atoms with Gasteiger partial charge in [-0.05, 0) is 26.0 Å². The lowest BCUT2D eigenvalue weighted by Gasteiger charge is -2.11. The molecule has 0 saturated heterocycles. The van der Waals surface area contributed by atoms with Gasteiger partial charge in [-0.15, -0.1) is 0 Å². The van der Waals surface area contributed by atoms with Gasteiger partial charge in [-0.25, -0.2) is 0 Å². The first kappa shape index (κ1) is 15.8. The molecule has 1 heterocycles. The second-order valence-electron chi connectivity index (χ2n) is 5.71. The van der Waals surface area contributed by atoms with E-state index in [-0.39, 0.29) is 23.5 Å². The molecular weight excluding hydrogens is 306 g/mol. The quantitative estimate of drug-likeness (QED) is 0.800. The number of amides is 1. The molecule has 3 rings (SSSR count). The van der Waals surface area contributed by atoms with Gasteiger partial charge < -0.3 is 14.9 Å². The van der Waals surface area contributed by atoms with Crippen molar-refractivity contribution in [2.24, 2.45) is 5.73 Å². The lowest BCUT2D eigenvalue weighted by molar-refractivity contribution is -0.119. The molecule has 1 aromatic heterocycles. The number of primary amides is 1. The van der Waals surface area contributed by atoms with Crippen LogP contribution in [0, 0.1) is 13.8 Å². The highest BCUT2D eigenvalue weighted by Gasteiger charge is 2.18. The Balaban J connectivity index is 2.26. The predicted octanol–water partition coefficient (Wildman–Crippen LogP) is 2.94. The van der Waals surface area contributed by atoms with E-state index in [1.165, 1.54) is 0 Å². The summed E-state index contributed by atoms with van der Waals surface area (Å²) >= 11 is 0. The Bertz CT molecular complexity index is 971. The molecule has 5 nitrogen and oxygen atoms in total. The van der Waals surface area contributed by atoms with Crippen LogP contribution in [0.5, 0.6) is 5.75 Å². The van der Waals surface area contributed by atoms with Crippen LogP contribution in [0.3, 0.4) is 0 Å². The number of hydrogen-bond donors (Lipinski definition) is 1. The first-order valence-electron chi connectivity index (χ1n) is 7.51. The third kappa shape index (κ3) is 3.01. The van der Waals surface area contributed by atoms with E-state index in [9.17, 15) is 9.59 Å². The average molecular weight is 323 g/mol. The lowest BCUT2D eigenvalue weighted by Crippen LogP contribution is -2.22. The Hall–Kier alpha value is -3.08. The summed E-state index contributed by atoms with van der Waals surface area (Å²) in [5, 5.41) is 0.408. The van der Waals surface area contributed by atoms with E-state index in [1.54, 1.807) is 12.1 Å². The first-order chi connectivity index (χ1) is 11.5. The number of nitrogens with two attached hydrogens (primary N) is 1. The molecule has 1 amide bonds. The molecule has 5 heteroatoms. The van der Waals surface area contributed by atoms with Gasteiger partial charge in [-0.3, -0.25) is 9.59 Å². The molecule has 24 heavy (non-hydrogen) atoms. The average Bonchev–Trinajstić information content (AvgIpc) is 2.55. The van der Waals surface area contributed by atoms with Crippen molar-refractivity contribution in [3.8, 4) is 17.1 Å². The van der Waals surface area contributed by atoms with Crippen LogP contribution in [0.2, 0.25) is 0 Å². The van der Waals surface area contributed by atoms with Crippen LogP contribution in [0.4, 0.5) is 0 Å². The highest BCUT2D eigenvalue weighted by molar-refractivity contribution is 5.83. The first-order valence-corrected chi connectivity index (χ1v) is 7.51. The SMILES string of the molecule is Cc1ccc(-c2oc3ccc(C)cc3c(=O)c2OCC(N)=O)cc1. The van der Waals surface area contributed by atoms with Gasteiger partial charge in [-0.2, -0.15) is 0 Å². The van der Waals surface area contributed by atoms with Crippen molar-refractivity contribution in [1.82, 2.24) is 0 Å². The Morgan fingerprint density at radius 3 is 2.42 bits per heavy atom. The highest BCUT2D eigenvalue weighted by Crippen LogP contribution is 2.31. The van der Waals surface area contributed by atoms with Crippen LogP contribution in [-0.4, -0.2) is 12.5 Å². The van der Waals surface area contributed by atoms with Crippen LogP contribution in [0.15, 0.2) is 51.7 Å². The highest BCUT2D eigenvalue weighted by atomic mass is 16.5. The predicted molar refractivity (Wildman–Crippen MR) is 92.1 cm³/mol. The molecule has 3 aromatic rings. The molecule has 0 saturated carbocycles. The van der Waals surface area contributed by atoms with E-state index in [2.05, 4.69) is 0 Å². The van der Waals surface area contributed by atoms with Gasteiger partial charge in [0.1, 0.15) is 5.58 Å². The summed E-state index contributed by atoms with van der Waals surface area (Å²) in [5.41, 5.74) is 7.99. The molecule has 0 fully saturated rings. The van der Waals surface area contributed by atoms with Crippen LogP contribution in [0.25, 0.3) is 22.3 Å². The molecule has 122 valence electrons. The number of rotatable bonds is 4. The molecule has 0 radical (unpaired) electrons. The lowest BCUT2D eigenvalue weighted by atomic mass is 10.1. The Labute approximate surface area is 138 Å². The van der Waals surface area contributed by atoms with Gasteiger partial charge in [0.25, 0.3) is 5.91 Å². The van der Waals surface area contributed by atoms with Gasteiger partial charge in [-0.1, -0.05) is 41.5 Å². The number of carbonyl (C=O) groups excluding carboxylic acids is 1. The molecule has 0 atom stereocenters. The summed E-state index contributed by atoms with van der Waals surface area (Å²) in [6, 6.07) is 12.8. The molecule has 2 aromatic carbocycles. The normalized spacial score (nSPS) is 10.8. The fourth-order valence-corrected chi connectivity index (χ4v) is 2.46. The Morgan fingerprint density at radius 1 is 1.08 bits per heavy atom. The van der Waals surface area contributed by atoms with Crippen LogP contribution >= 0.6 is 0 Å². The Morgan fingerprint density at radius 2 is 1.75 bits per heavy atom. The fourth-order valence-electron chi connectivity index (χ4n) is 2.46.